The highest BCUT2D eigenvalue weighted by Gasteiger charge is 2.11. The van der Waals surface area contributed by atoms with Crippen molar-refractivity contribution in [2.24, 2.45) is 0 Å². The van der Waals surface area contributed by atoms with Crippen LogP contribution in [0.15, 0.2) is 23.1 Å². The quantitative estimate of drug-likeness (QED) is 0.497. The lowest BCUT2D eigenvalue weighted by molar-refractivity contribution is 0.171. The van der Waals surface area contributed by atoms with Crippen LogP contribution in [-0.2, 0) is 0 Å². The molecule has 0 aliphatic carbocycles. The minimum Gasteiger partial charge on any atom is -0.486 e. The molecule has 0 aromatic heterocycles. The van der Waals surface area contributed by atoms with Crippen molar-refractivity contribution in [3.05, 3.63) is 18.2 Å². The van der Waals surface area contributed by atoms with Crippen molar-refractivity contribution in [1.82, 2.24) is 0 Å². The lowest BCUT2D eigenvalue weighted by Gasteiger charge is -2.18. The van der Waals surface area contributed by atoms with Crippen molar-refractivity contribution in [3.63, 3.8) is 0 Å². The van der Waals surface area contributed by atoms with Crippen molar-refractivity contribution >= 4 is 24.4 Å². The van der Waals surface area contributed by atoms with E-state index >= 15 is 0 Å². The molecule has 15 heavy (non-hydrogen) atoms. The zero-order chi connectivity index (χ0) is 10.5. The number of benzene rings is 1. The molecule has 2 nitrogen and oxygen atoms in total. The van der Waals surface area contributed by atoms with E-state index in [0.29, 0.717) is 13.2 Å². The molecule has 0 fully saturated rings. The molecule has 1 aromatic carbocycles. The molecule has 0 saturated carbocycles. The molecule has 2 rings (SSSR count). The third-order valence-corrected chi connectivity index (χ3v) is 3.48. The second-order valence-corrected chi connectivity index (χ2v) is 4.85. The standard InChI is InChI=1S/C11H14O2S2/c14-6-1-7-15-9-2-3-10-11(8-9)13-5-4-12-10/h2-3,8,14H,1,4-7H2. The normalized spacial score (nSPS) is 13.9. The van der Waals surface area contributed by atoms with Crippen LogP contribution < -0.4 is 9.47 Å². The van der Waals surface area contributed by atoms with E-state index in [1.54, 1.807) is 0 Å². The van der Waals surface area contributed by atoms with Crippen LogP contribution in [-0.4, -0.2) is 24.7 Å². The summed E-state index contributed by atoms with van der Waals surface area (Å²) >= 11 is 6.02. The molecule has 1 aliphatic heterocycles. The molecular formula is C11H14O2S2. The van der Waals surface area contributed by atoms with Crippen molar-refractivity contribution in [2.45, 2.75) is 11.3 Å². The first-order valence-electron chi connectivity index (χ1n) is 5.03. The van der Waals surface area contributed by atoms with Gasteiger partial charge >= 0.3 is 0 Å². The average molecular weight is 242 g/mol. The minimum atomic E-state index is 0.651. The van der Waals surface area contributed by atoms with E-state index in [1.807, 2.05) is 17.8 Å². The van der Waals surface area contributed by atoms with Crippen LogP contribution in [0.3, 0.4) is 0 Å². The van der Waals surface area contributed by atoms with E-state index in [1.165, 1.54) is 4.90 Å². The molecule has 1 aliphatic rings. The summed E-state index contributed by atoms with van der Waals surface area (Å²) in [6.45, 7) is 1.30. The molecule has 0 atom stereocenters. The summed E-state index contributed by atoms with van der Waals surface area (Å²) < 4.78 is 11.0. The Morgan fingerprint density at radius 1 is 1.20 bits per heavy atom. The fourth-order valence-corrected chi connectivity index (χ4v) is 2.62. The molecule has 0 unspecified atom stereocenters. The Kier molecular flexibility index (Phi) is 4.09. The Labute approximate surface area is 99.8 Å². The van der Waals surface area contributed by atoms with Crippen LogP contribution >= 0.6 is 24.4 Å². The van der Waals surface area contributed by atoms with Gasteiger partial charge in [0.25, 0.3) is 0 Å². The maximum atomic E-state index is 5.52. The van der Waals surface area contributed by atoms with Gasteiger partial charge in [-0.2, -0.15) is 12.6 Å². The number of thioether (sulfide) groups is 1. The maximum Gasteiger partial charge on any atom is 0.162 e. The van der Waals surface area contributed by atoms with Gasteiger partial charge in [-0.25, -0.2) is 0 Å². The maximum absolute atomic E-state index is 5.52. The molecule has 0 bridgehead atoms. The topological polar surface area (TPSA) is 18.5 Å². The van der Waals surface area contributed by atoms with Crippen molar-refractivity contribution in [1.29, 1.82) is 0 Å². The van der Waals surface area contributed by atoms with E-state index < -0.39 is 0 Å². The minimum absolute atomic E-state index is 0.651. The molecule has 0 N–H and O–H groups in total. The summed E-state index contributed by atoms with van der Waals surface area (Å²) in [5, 5.41) is 0. The molecule has 1 heterocycles. The van der Waals surface area contributed by atoms with E-state index in [0.717, 1.165) is 29.4 Å². The molecule has 0 amide bonds. The predicted octanol–water partition coefficient (Wildman–Crippen LogP) is 2.87. The highest BCUT2D eigenvalue weighted by molar-refractivity contribution is 7.99. The molecule has 0 spiro atoms. The number of thiol groups is 1. The highest BCUT2D eigenvalue weighted by atomic mass is 32.2. The zero-order valence-electron chi connectivity index (χ0n) is 8.44. The van der Waals surface area contributed by atoms with Crippen LogP contribution in [0.5, 0.6) is 11.5 Å². The monoisotopic (exact) mass is 242 g/mol. The van der Waals surface area contributed by atoms with Gasteiger partial charge in [0.2, 0.25) is 0 Å². The Morgan fingerprint density at radius 2 is 2.00 bits per heavy atom. The van der Waals surface area contributed by atoms with Gasteiger partial charge in [0.05, 0.1) is 0 Å². The van der Waals surface area contributed by atoms with Crippen LogP contribution in [0.4, 0.5) is 0 Å². The van der Waals surface area contributed by atoms with Crippen molar-refractivity contribution < 1.29 is 9.47 Å². The third-order valence-electron chi connectivity index (χ3n) is 2.08. The van der Waals surface area contributed by atoms with Gasteiger partial charge in [0, 0.05) is 4.90 Å². The summed E-state index contributed by atoms with van der Waals surface area (Å²) in [6, 6.07) is 6.12. The molecule has 82 valence electrons. The summed E-state index contributed by atoms with van der Waals surface area (Å²) in [5.74, 6) is 3.78. The van der Waals surface area contributed by atoms with Crippen LogP contribution in [0.25, 0.3) is 0 Å². The van der Waals surface area contributed by atoms with Gasteiger partial charge in [-0.3, -0.25) is 0 Å². The number of hydrogen-bond acceptors (Lipinski definition) is 4. The van der Waals surface area contributed by atoms with E-state index in [9.17, 15) is 0 Å². The molecule has 0 saturated heterocycles. The molecule has 1 aromatic rings. The van der Waals surface area contributed by atoms with Crippen LogP contribution in [0.1, 0.15) is 6.42 Å². The fraction of sp³-hybridized carbons (Fsp3) is 0.455. The molecule has 0 radical (unpaired) electrons. The number of ether oxygens (including phenoxy) is 2. The predicted molar refractivity (Wildman–Crippen MR) is 66.6 cm³/mol. The van der Waals surface area contributed by atoms with Gasteiger partial charge in [-0.05, 0) is 36.1 Å². The summed E-state index contributed by atoms with van der Waals surface area (Å²) in [7, 11) is 0. The Balaban J connectivity index is 2.00. The van der Waals surface area contributed by atoms with E-state index in [-0.39, 0.29) is 0 Å². The smallest absolute Gasteiger partial charge is 0.162 e. The summed E-state index contributed by atoms with van der Waals surface area (Å²) in [4.78, 5) is 1.24. The van der Waals surface area contributed by atoms with Crippen molar-refractivity contribution in [3.8, 4) is 11.5 Å². The first-order valence-corrected chi connectivity index (χ1v) is 6.65. The lowest BCUT2D eigenvalue weighted by Crippen LogP contribution is -2.15. The number of hydrogen-bond donors (Lipinski definition) is 1. The van der Waals surface area contributed by atoms with E-state index in [4.69, 9.17) is 9.47 Å². The van der Waals surface area contributed by atoms with Crippen LogP contribution in [0, 0.1) is 0 Å². The first kappa shape index (κ1) is 11.0. The number of fused-ring (bicyclic) bond motifs is 1. The van der Waals surface area contributed by atoms with Gasteiger partial charge in [0.1, 0.15) is 13.2 Å². The second kappa shape index (κ2) is 5.56. The first-order chi connectivity index (χ1) is 7.40. The van der Waals surface area contributed by atoms with Gasteiger partial charge < -0.3 is 9.47 Å². The number of rotatable bonds is 4. The highest BCUT2D eigenvalue weighted by Crippen LogP contribution is 2.34. The van der Waals surface area contributed by atoms with Gasteiger partial charge in [-0.15, -0.1) is 11.8 Å². The fourth-order valence-electron chi connectivity index (χ4n) is 1.37. The Hall–Kier alpha value is -0.480. The van der Waals surface area contributed by atoms with Gasteiger partial charge in [-0.1, -0.05) is 0 Å². The third kappa shape index (κ3) is 2.98. The second-order valence-electron chi connectivity index (χ2n) is 3.23. The molecule has 4 heteroatoms. The largest absolute Gasteiger partial charge is 0.486 e. The zero-order valence-corrected chi connectivity index (χ0v) is 10.2. The lowest BCUT2D eigenvalue weighted by atomic mass is 10.3. The average Bonchev–Trinajstić information content (AvgIpc) is 2.29. The van der Waals surface area contributed by atoms with Gasteiger partial charge in [0.15, 0.2) is 11.5 Å². The van der Waals surface area contributed by atoms with E-state index in [2.05, 4.69) is 24.8 Å². The Morgan fingerprint density at radius 3 is 2.80 bits per heavy atom. The van der Waals surface area contributed by atoms with Crippen LogP contribution in [0.2, 0.25) is 0 Å². The summed E-state index contributed by atoms with van der Waals surface area (Å²) in [6.07, 6.45) is 1.13. The summed E-state index contributed by atoms with van der Waals surface area (Å²) in [5.41, 5.74) is 0. The Bertz CT molecular complexity index is 328. The van der Waals surface area contributed by atoms with Crippen molar-refractivity contribution in [2.75, 3.05) is 24.7 Å². The SMILES string of the molecule is SCCCSc1ccc2c(c1)OCCO2. The molecular weight excluding hydrogens is 228 g/mol.